The van der Waals surface area contributed by atoms with Crippen molar-refractivity contribution >= 4 is 0 Å². The molecule has 4 nitrogen and oxygen atoms in total. The van der Waals surface area contributed by atoms with E-state index in [-0.39, 0.29) is 6.10 Å². The van der Waals surface area contributed by atoms with Gasteiger partial charge in [0.15, 0.2) is 0 Å². The monoisotopic (exact) mass is 335 g/mol. The molecule has 1 saturated heterocycles. The maximum atomic E-state index is 9.72. The van der Waals surface area contributed by atoms with Gasteiger partial charge in [-0.15, -0.1) is 0 Å². The fraction of sp³-hybridized carbons (Fsp3) is 0.700. The Balaban J connectivity index is 1.70. The van der Waals surface area contributed by atoms with Gasteiger partial charge in [-0.05, 0) is 31.0 Å². The van der Waals surface area contributed by atoms with Crippen molar-refractivity contribution in [2.24, 2.45) is 0 Å². The summed E-state index contributed by atoms with van der Waals surface area (Å²) in [5.74, 6) is 0.926. The Morgan fingerprint density at radius 1 is 1.17 bits per heavy atom. The van der Waals surface area contributed by atoms with Gasteiger partial charge in [-0.3, -0.25) is 4.90 Å². The Morgan fingerprint density at radius 3 is 2.58 bits per heavy atom. The van der Waals surface area contributed by atoms with E-state index in [0.29, 0.717) is 6.61 Å². The third kappa shape index (κ3) is 6.42. The predicted molar refractivity (Wildman–Crippen MR) is 97.3 cm³/mol. The summed E-state index contributed by atoms with van der Waals surface area (Å²) >= 11 is 0. The minimum absolute atomic E-state index is 0.0287. The largest absolute Gasteiger partial charge is 0.494 e. The van der Waals surface area contributed by atoms with Crippen LogP contribution in [0.1, 0.15) is 64.0 Å². The highest BCUT2D eigenvalue weighted by Crippen LogP contribution is 2.25. The lowest BCUT2D eigenvalue weighted by molar-refractivity contribution is -0.0882. The van der Waals surface area contributed by atoms with Gasteiger partial charge >= 0.3 is 0 Å². The molecule has 0 bridgehead atoms. The van der Waals surface area contributed by atoms with Crippen molar-refractivity contribution in [2.45, 2.75) is 64.7 Å². The zero-order chi connectivity index (χ0) is 17.2. The Labute approximate surface area is 146 Å². The number of aliphatic hydroxyl groups excluding tert-OH is 1. The zero-order valence-corrected chi connectivity index (χ0v) is 15.2. The molecule has 2 unspecified atom stereocenters. The molecule has 1 N–H and O–H groups in total. The standard InChI is InChI=1S/C20H33NO3/c1-3-4-5-6-7-8-14-23-19-11-9-18(10-12-19)20-16-21(17(2)22)13-15-24-20/h9-12,17,20,22H,3-8,13-16H2,1-2H3. The number of ether oxygens (including phenoxy) is 2. The second-order valence-electron chi connectivity index (χ2n) is 6.67. The van der Waals surface area contributed by atoms with Crippen LogP contribution in [0, 0.1) is 0 Å². The van der Waals surface area contributed by atoms with Gasteiger partial charge in [-0.25, -0.2) is 0 Å². The molecule has 136 valence electrons. The van der Waals surface area contributed by atoms with Gasteiger partial charge < -0.3 is 14.6 Å². The molecule has 0 spiro atoms. The normalized spacial score (nSPS) is 20.0. The van der Waals surface area contributed by atoms with Crippen LogP contribution in [0.3, 0.4) is 0 Å². The highest BCUT2D eigenvalue weighted by atomic mass is 16.5. The van der Waals surface area contributed by atoms with Crippen molar-refractivity contribution in [2.75, 3.05) is 26.3 Å². The molecular weight excluding hydrogens is 302 g/mol. The second-order valence-corrected chi connectivity index (χ2v) is 6.67. The van der Waals surface area contributed by atoms with Gasteiger partial charge in [-0.2, -0.15) is 0 Å². The fourth-order valence-electron chi connectivity index (χ4n) is 3.06. The van der Waals surface area contributed by atoms with E-state index in [0.717, 1.165) is 37.4 Å². The first kappa shape index (κ1) is 19.2. The summed E-state index contributed by atoms with van der Waals surface area (Å²) in [6.07, 6.45) is 7.28. The highest BCUT2D eigenvalue weighted by Gasteiger charge is 2.24. The van der Waals surface area contributed by atoms with Crippen LogP contribution in [0.25, 0.3) is 0 Å². The number of aliphatic hydroxyl groups is 1. The number of hydrogen-bond donors (Lipinski definition) is 1. The molecule has 1 aliphatic heterocycles. The average molecular weight is 335 g/mol. The topological polar surface area (TPSA) is 41.9 Å². The number of rotatable bonds is 10. The first-order valence-electron chi connectivity index (χ1n) is 9.47. The molecule has 0 radical (unpaired) electrons. The Hall–Kier alpha value is -1.10. The van der Waals surface area contributed by atoms with Gasteiger partial charge in [0.1, 0.15) is 12.0 Å². The van der Waals surface area contributed by atoms with E-state index in [1.165, 1.54) is 32.1 Å². The van der Waals surface area contributed by atoms with Crippen molar-refractivity contribution < 1.29 is 14.6 Å². The van der Waals surface area contributed by atoms with E-state index in [1.807, 2.05) is 24.0 Å². The summed E-state index contributed by atoms with van der Waals surface area (Å²) in [5, 5.41) is 9.72. The number of hydrogen-bond acceptors (Lipinski definition) is 4. The van der Waals surface area contributed by atoms with E-state index in [9.17, 15) is 5.11 Å². The van der Waals surface area contributed by atoms with Gasteiger partial charge in [0.05, 0.1) is 19.3 Å². The zero-order valence-electron chi connectivity index (χ0n) is 15.2. The lowest BCUT2D eigenvalue weighted by Gasteiger charge is -2.34. The van der Waals surface area contributed by atoms with Crippen molar-refractivity contribution in [3.8, 4) is 5.75 Å². The average Bonchev–Trinajstić information content (AvgIpc) is 2.61. The van der Waals surface area contributed by atoms with E-state index in [4.69, 9.17) is 9.47 Å². The molecule has 2 atom stereocenters. The summed E-state index contributed by atoms with van der Waals surface area (Å²) in [6.45, 7) is 7.02. The summed E-state index contributed by atoms with van der Waals surface area (Å²) in [5.41, 5.74) is 1.15. The molecule has 0 amide bonds. The van der Waals surface area contributed by atoms with E-state index in [2.05, 4.69) is 19.1 Å². The molecule has 0 saturated carbocycles. The van der Waals surface area contributed by atoms with Crippen molar-refractivity contribution in [3.05, 3.63) is 29.8 Å². The maximum Gasteiger partial charge on any atom is 0.119 e. The van der Waals surface area contributed by atoms with Crippen LogP contribution in [-0.4, -0.2) is 42.5 Å². The van der Waals surface area contributed by atoms with Crippen LogP contribution in [-0.2, 0) is 4.74 Å². The molecule has 1 aliphatic rings. The van der Waals surface area contributed by atoms with Crippen LogP contribution in [0.15, 0.2) is 24.3 Å². The molecule has 0 aliphatic carbocycles. The van der Waals surface area contributed by atoms with Gasteiger partial charge in [0.25, 0.3) is 0 Å². The van der Waals surface area contributed by atoms with Gasteiger partial charge in [-0.1, -0.05) is 51.2 Å². The van der Waals surface area contributed by atoms with E-state index in [1.54, 1.807) is 0 Å². The molecule has 1 aromatic carbocycles. The first-order chi connectivity index (χ1) is 11.7. The number of nitrogens with zero attached hydrogens (tertiary/aromatic N) is 1. The van der Waals surface area contributed by atoms with Crippen LogP contribution in [0.4, 0.5) is 0 Å². The molecule has 1 heterocycles. The Kier molecular flexibility index (Phi) is 8.57. The van der Waals surface area contributed by atoms with E-state index >= 15 is 0 Å². The highest BCUT2D eigenvalue weighted by molar-refractivity contribution is 5.29. The number of unbranched alkanes of at least 4 members (excludes halogenated alkanes) is 5. The maximum absolute atomic E-state index is 9.72. The fourth-order valence-corrected chi connectivity index (χ4v) is 3.06. The molecule has 2 rings (SSSR count). The van der Waals surface area contributed by atoms with Gasteiger partial charge in [0.2, 0.25) is 0 Å². The molecule has 1 fully saturated rings. The quantitative estimate of drug-likeness (QED) is 0.653. The number of benzene rings is 1. The third-order valence-corrected chi connectivity index (χ3v) is 4.64. The smallest absolute Gasteiger partial charge is 0.119 e. The lowest BCUT2D eigenvalue weighted by atomic mass is 10.1. The molecule has 24 heavy (non-hydrogen) atoms. The predicted octanol–water partition coefficient (Wildman–Crippen LogP) is 4.14. The summed E-state index contributed by atoms with van der Waals surface area (Å²) in [7, 11) is 0. The molecule has 0 aromatic heterocycles. The SMILES string of the molecule is CCCCCCCCOc1ccc(C2CN(C(C)O)CCO2)cc1. The van der Waals surface area contributed by atoms with Crippen LogP contribution >= 0.6 is 0 Å². The minimum Gasteiger partial charge on any atom is -0.494 e. The van der Waals surface area contributed by atoms with Crippen LogP contribution in [0.2, 0.25) is 0 Å². The molecule has 4 heteroatoms. The summed E-state index contributed by atoms with van der Waals surface area (Å²) in [4.78, 5) is 2.04. The van der Waals surface area contributed by atoms with Crippen molar-refractivity contribution in [1.82, 2.24) is 4.90 Å². The number of morpholine rings is 1. The van der Waals surface area contributed by atoms with Gasteiger partial charge in [0, 0.05) is 13.1 Å². The van der Waals surface area contributed by atoms with Crippen LogP contribution < -0.4 is 4.74 Å². The summed E-state index contributed by atoms with van der Waals surface area (Å²) in [6, 6.07) is 8.20. The third-order valence-electron chi connectivity index (χ3n) is 4.64. The molecule has 1 aromatic rings. The molecular formula is C20H33NO3. The lowest BCUT2D eigenvalue weighted by Crippen LogP contribution is -2.43. The van der Waals surface area contributed by atoms with Crippen molar-refractivity contribution in [3.63, 3.8) is 0 Å². The summed E-state index contributed by atoms with van der Waals surface area (Å²) < 4.78 is 11.7. The first-order valence-corrected chi connectivity index (χ1v) is 9.47. The Morgan fingerprint density at radius 2 is 1.88 bits per heavy atom. The Bertz CT molecular complexity index is 447. The van der Waals surface area contributed by atoms with Crippen molar-refractivity contribution in [1.29, 1.82) is 0 Å². The van der Waals surface area contributed by atoms with E-state index < -0.39 is 6.23 Å². The minimum atomic E-state index is -0.420. The van der Waals surface area contributed by atoms with Crippen LogP contribution in [0.5, 0.6) is 5.75 Å². The second kappa shape index (κ2) is 10.7.